The monoisotopic (exact) mass is 160 g/mol. The fourth-order valence-electron chi connectivity index (χ4n) is 0.283. The maximum atomic E-state index is 10.6. The number of carbonyl (C=O) groups is 1. The van der Waals surface area contributed by atoms with Gasteiger partial charge in [-0.25, -0.2) is 4.79 Å². The highest BCUT2D eigenvalue weighted by Crippen LogP contribution is 1.91. The van der Waals surface area contributed by atoms with Gasteiger partial charge >= 0.3 is 5.97 Å². The lowest BCUT2D eigenvalue weighted by Gasteiger charge is -1.97. The summed E-state index contributed by atoms with van der Waals surface area (Å²) in [5, 5.41) is 0. The Balaban J connectivity index is 3.50. The molecule has 0 aromatic heterocycles. The number of halogens is 1. The van der Waals surface area contributed by atoms with Crippen LogP contribution in [-0.2, 0) is 9.53 Å². The molecular weight excluding hydrogens is 152 g/mol. The van der Waals surface area contributed by atoms with Crippen LogP contribution in [0.1, 0.15) is 6.92 Å². The van der Waals surface area contributed by atoms with Gasteiger partial charge in [0.15, 0.2) is 0 Å². The summed E-state index contributed by atoms with van der Waals surface area (Å²) in [6.07, 6.45) is 1.53. The van der Waals surface area contributed by atoms with Crippen LogP contribution in [0.15, 0.2) is 23.8 Å². The largest absolute Gasteiger partial charge is 0.458 e. The molecule has 56 valence electrons. The zero-order chi connectivity index (χ0) is 7.98. The van der Waals surface area contributed by atoms with Crippen LogP contribution in [0.3, 0.4) is 0 Å². The van der Waals surface area contributed by atoms with Crippen LogP contribution in [0.4, 0.5) is 0 Å². The molecule has 0 heterocycles. The molecule has 0 saturated carbocycles. The molecule has 0 aliphatic carbocycles. The average Bonchev–Trinajstić information content (AvgIpc) is 1.88. The Labute approximate surface area is 65.1 Å². The quantitative estimate of drug-likeness (QED) is 0.465. The van der Waals surface area contributed by atoms with Gasteiger partial charge < -0.3 is 4.74 Å². The second kappa shape index (κ2) is 5.06. The van der Waals surface area contributed by atoms with Crippen molar-refractivity contribution in [2.45, 2.75) is 6.92 Å². The smallest absolute Gasteiger partial charge is 0.333 e. The van der Waals surface area contributed by atoms with Crippen LogP contribution in [0.2, 0.25) is 0 Å². The standard InChI is InChI=1S/C7H9ClO2/c1-6(2)7(9)10-5-3-4-8/h3-4H,1,5H2,2H3. The summed E-state index contributed by atoms with van der Waals surface area (Å²) in [6.45, 7) is 5.20. The molecule has 0 unspecified atom stereocenters. The van der Waals surface area contributed by atoms with Gasteiger partial charge in [-0.3, -0.25) is 0 Å². The minimum absolute atomic E-state index is 0.204. The SMILES string of the molecule is C=C(C)C(=O)OCC=CCl. The van der Waals surface area contributed by atoms with Crippen molar-refractivity contribution in [3.8, 4) is 0 Å². The van der Waals surface area contributed by atoms with Crippen LogP contribution >= 0.6 is 11.6 Å². The maximum absolute atomic E-state index is 10.6. The predicted octanol–water partition coefficient (Wildman–Crippen LogP) is 1.86. The van der Waals surface area contributed by atoms with Crippen molar-refractivity contribution in [1.82, 2.24) is 0 Å². The summed E-state index contributed by atoms with van der Waals surface area (Å²) >= 11 is 5.17. The number of hydrogen-bond acceptors (Lipinski definition) is 2. The zero-order valence-corrected chi connectivity index (χ0v) is 6.52. The van der Waals surface area contributed by atoms with E-state index in [1.54, 1.807) is 6.92 Å². The van der Waals surface area contributed by atoms with E-state index in [0.717, 1.165) is 0 Å². The molecule has 0 aromatic rings. The molecule has 2 nitrogen and oxygen atoms in total. The summed E-state index contributed by atoms with van der Waals surface area (Å²) < 4.78 is 4.63. The summed E-state index contributed by atoms with van der Waals surface area (Å²) in [5.41, 5.74) is 1.69. The first kappa shape index (κ1) is 9.24. The van der Waals surface area contributed by atoms with Gasteiger partial charge in [0.1, 0.15) is 6.61 Å². The van der Waals surface area contributed by atoms with Crippen molar-refractivity contribution in [3.63, 3.8) is 0 Å². The number of esters is 1. The number of rotatable bonds is 3. The van der Waals surface area contributed by atoms with E-state index in [1.807, 2.05) is 0 Å². The highest BCUT2D eigenvalue weighted by Gasteiger charge is 1.99. The summed E-state index contributed by atoms with van der Waals surface area (Å²) in [6, 6.07) is 0. The average molecular weight is 161 g/mol. The lowest BCUT2D eigenvalue weighted by Crippen LogP contribution is -2.04. The summed E-state index contributed by atoms with van der Waals surface area (Å²) in [7, 11) is 0. The highest BCUT2D eigenvalue weighted by molar-refractivity contribution is 6.25. The Morgan fingerprint density at radius 2 is 2.40 bits per heavy atom. The first-order valence-corrected chi connectivity index (χ1v) is 3.20. The molecule has 0 saturated heterocycles. The number of hydrogen-bond donors (Lipinski definition) is 0. The Kier molecular flexibility index (Phi) is 4.67. The van der Waals surface area contributed by atoms with E-state index in [4.69, 9.17) is 11.6 Å². The van der Waals surface area contributed by atoms with Gasteiger partial charge in [0.05, 0.1) is 0 Å². The van der Waals surface area contributed by atoms with Crippen LogP contribution in [0, 0.1) is 0 Å². The van der Waals surface area contributed by atoms with Gasteiger partial charge in [-0.2, -0.15) is 0 Å². The molecule has 0 aromatic carbocycles. The van der Waals surface area contributed by atoms with Gasteiger partial charge in [-0.05, 0) is 13.0 Å². The maximum Gasteiger partial charge on any atom is 0.333 e. The van der Waals surface area contributed by atoms with Gasteiger partial charge in [-0.15, -0.1) is 0 Å². The van der Waals surface area contributed by atoms with E-state index in [2.05, 4.69) is 11.3 Å². The molecule has 0 amide bonds. The molecular formula is C7H9ClO2. The van der Waals surface area contributed by atoms with E-state index >= 15 is 0 Å². The van der Waals surface area contributed by atoms with E-state index in [9.17, 15) is 4.79 Å². The second-order valence-corrected chi connectivity index (χ2v) is 1.99. The highest BCUT2D eigenvalue weighted by atomic mass is 35.5. The fourth-order valence-corrected chi connectivity index (χ4v) is 0.356. The molecule has 10 heavy (non-hydrogen) atoms. The van der Waals surface area contributed by atoms with Crippen LogP contribution in [0.5, 0.6) is 0 Å². The van der Waals surface area contributed by atoms with E-state index in [-0.39, 0.29) is 6.61 Å². The van der Waals surface area contributed by atoms with Crippen molar-refractivity contribution in [2.75, 3.05) is 6.61 Å². The zero-order valence-electron chi connectivity index (χ0n) is 5.76. The number of ether oxygens (including phenoxy) is 1. The normalized spacial score (nSPS) is 9.80. The Morgan fingerprint density at radius 1 is 1.80 bits per heavy atom. The second-order valence-electron chi connectivity index (χ2n) is 1.74. The minimum atomic E-state index is -0.394. The lowest BCUT2D eigenvalue weighted by molar-refractivity contribution is -0.137. The molecule has 0 aliphatic heterocycles. The first-order chi connectivity index (χ1) is 4.68. The summed E-state index contributed by atoms with van der Waals surface area (Å²) in [4.78, 5) is 10.6. The predicted molar refractivity (Wildman–Crippen MR) is 40.8 cm³/mol. The molecule has 0 bridgehead atoms. The topological polar surface area (TPSA) is 26.3 Å². The Hall–Kier alpha value is -0.760. The minimum Gasteiger partial charge on any atom is -0.458 e. The summed E-state index contributed by atoms with van der Waals surface area (Å²) in [5.74, 6) is -0.394. The van der Waals surface area contributed by atoms with Gasteiger partial charge in [0, 0.05) is 11.1 Å². The van der Waals surface area contributed by atoms with E-state index < -0.39 is 5.97 Å². The third kappa shape index (κ3) is 4.15. The van der Waals surface area contributed by atoms with Crippen molar-refractivity contribution >= 4 is 17.6 Å². The lowest BCUT2D eigenvalue weighted by atomic mass is 10.4. The van der Waals surface area contributed by atoms with E-state index in [1.165, 1.54) is 11.6 Å². The molecule has 0 fully saturated rings. The Morgan fingerprint density at radius 3 is 2.80 bits per heavy atom. The van der Waals surface area contributed by atoms with Crippen LogP contribution in [0.25, 0.3) is 0 Å². The molecule has 0 rings (SSSR count). The molecule has 0 N–H and O–H groups in total. The van der Waals surface area contributed by atoms with Crippen molar-refractivity contribution in [1.29, 1.82) is 0 Å². The van der Waals surface area contributed by atoms with Crippen LogP contribution < -0.4 is 0 Å². The molecule has 0 aliphatic rings. The fraction of sp³-hybridized carbons (Fsp3) is 0.286. The Bertz CT molecular complexity index is 161. The van der Waals surface area contributed by atoms with Gasteiger partial charge in [-0.1, -0.05) is 18.2 Å². The van der Waals surface area contributed by atoms with Gasteiger partial charge in [0.25, 0.3) is 0 Å². The molecule has 0 radical (unpaired) electrons. The van der Waals surface area contributed by atoms with Gasteiger partial charge in [0.2, 0.25) is 0 Å². The molecule has 0 spiro atoms. The first-order valence-electron chi connectivity index (χ1n) is 2.76. The van der Waals surface area contributed by atoms with Crippen molar-refractivity contribution < 1.29 is 9.53 Å². The third-order valence-corrected chi connectivity index (χ3v) is 0.926. The van der Waals surface area contributed by atoms with E-state index in [0.29, 0.717) is 5.57 Å². The van der Waals surface area contributed by atoms with Crippen molar-refractivity contribution in [3.05, 3.63) is 23.8 Å². The number of carbonyl (C=O) groups excluding carboxylic acids is 1. The van der Waals surface area contributed by atoms with Crippen LogP contribution in [-0.4, -0.2) is 12.6 Å². The van der Waals surface area contributed by atoms with Crippen molar-refractivity contribution in [2.24, 2.45) is 0 Å². The molecule has 0 atom stereocenters. The third-order valence-electron chi connectivity index (χ3n) is 0.748. The molecule has 3 heteroatoms.